The zero-order chi connectivity index (χ0) is 25.3. The summed E-state index contributed by atoms with van der Waals surface area (Å²) < 4.78 is 11.0. The number of benzene rings is 2. The highest BCUT2D eigenvalue weighted by atomic mass is 79.9. The Balaban J connectivity index is 1.85. The number of thiophene rings is 1. The highest BCUT2D eigenvalue weighted by molar-refractivity contribution is 9.10. The fourth-order valence-electron chi connectivity index (χ4n) is 4.08. The first-order valence-electron chi connectivity index (χ1n) is 10.8. The molecule has 0 unspecified atom stereocenters. The third kappa shape index (κ3) is 4.61. The molecule has 4 rings (SSSR count). The minimum atomic E-state index is -0.584. The van der Waals surface area contributed by atoms with Crippen molar-refractivity contribution in [2.24, 2.45) is 0 Å². The van der Waals surface area contributed by atoms with Crippen molar-refractivity contribution >= 4 is 55.7 Å². The highest BCUT2D eigenvalue weighted by Crippen LogP contribution is 2.50. The fraction of sp³-hybridized carbons (Fsp3) is 0.192. The molecule has 0 bridgehead atoms. The van der Waals surface area contributed by atoms with E-state index in [1.165, 1.54) is 18.4 Å². The largest absolute Gasteiger partial charge is 0.465 e. The van der Waals surface area contributed by atoms with Gasteiger partial charge < -0.3 is 20.5 Å². The molecule has 1 aromatic heterocycles. The molecule has 35 heavy (non-hydrogen) atoms. The van der Waals surface area contributed by atoms with Crippen molar-refractivity contribution in [3.63, 3.8) is 0 Å². The average molecular weight is 555 g/mol. The van der Waals surface area contributed by atoms with Gasteiger partial charge in [-0.15, -0.1) is 11.3 Å². The number of allylic oxidation sites excluding steroid dienone is 1. The molecule has 0 radical (unpaired) electrons. The van der Waals surface area contributed by atoms with E-state index >= 15 is 0 Å². The summed E-state index contributed by atoms with van der Waals surface area (Å²) in [5.41, 5.74) is 10.2. The molecule has 1 aliphatic heterocycles. The standard InChI is InChI=1S/C26H23BrN2O5S/c1-4-34-26(32)18-13(2)29-24-20(19(18)14-5-7-16(8-6-14)25(31)33-3)21(28)23(35-24)22(30)15-9-11-17(27)12-10-15/h5-12,19,29H,4,28H2,1-3H3/t19-/m1/s1. The number of rotatable bonds is 6. The zero-order valence-electron chi connectivity index (χ0n) is 19.3. The van der Waals surface area contributed by atoms with Crippen molar-refractivity contribution in [2.75, 3.05) is 24.8 Å². The topological polar surface area (TPSA) is 108 Å². The molecule has 0 fully saturated rings. The van der Waals surface area contributed by atoms with Crippen LogP contribution in [0.5, 0.6) is 0 Å². The predicted octanol–water partition coefficient (Wildman–Crippen LogP) is 5.50. The lowest BCUT2D eigenvalue weighted by Crippen LogP contribution is -2.24. The van der Waals surface area contributed by atoms with E-state index in [1.54, 1.807) is 62.4 Å². The van der Waals surface area contributed by atoms with E-state index in [4.69, 9.17) is 15.2 Å². The second kappa shape index (κ2) is 10.1. The van der Waals surface area contributed by atoms with Crippen LogP contribution in [0.3, 0.4) is 0 Å². The normalized spacial score (nSPS) is 14.7. The van der Waals surface area contributed by atoms with Gasteiger partial charge in [-0.3, -0.25) is 4.79 Å². The smallest absolute Gasteiger partial charge is 0.337 e. The maximum absolute atomic E-state index is 13.3. The molecule has 0 saturated carbocycles. The third-order valence-corrected chi connectivity index (χ3v) is 7.40. The van der Waals surface area contributed by atoms with Crippen molar-refractivity contribution in [1.82, 2.24) is 0 Å². The molecule has 0 spiro atoms. The van der Waals surface area contributed by atoms with Crippen LogP contribution in [0.4, 0.5) is 10.7 Å². The van der Waals surface area contributed by atoms with E-state index in [1.807, 2.05) is 0 Å². The van der Waals surface area contributed by atoms with Crippen molar-refractivity contribution in [3.05, 3.63) is 91.4 Å². The summed E-state index contributed by atoms with van der Waals surface area (Å²) in [6.07, 6.45) is 0. The van der Waals surface area contributed by atoms with Gasteiger partial charge in [-0.1, -0.05) is 28.1 Å². The van der Waals surface area contributed by atoms with Gasteiger partial charge in [0.05, 0.1) is 35.5 Å². The van der Waals surface area contributed by atoms with Gasteiger partial charge in [-0.25, -0.2) is 9.59 Å². The van der Waals surface area contributed by atoms with E-state index < -0.39 is 17.9 Å². The van der Waals surface area contributed by atoms with Crippen LogP contribution >= 0.6 is 27.3 Å². The van der Waals surface area contributed by atoms with Gasteiger partial charge in [0.2, 0.25) is 5.78 Å². The average Bonchev–Trinajstić information content (AvgIpc) is 3.18. The van der Waals surface area contributed by atoms with Crippen LogP contribution in [0, 0.1) is 0 Å². The lowest BCUT2D eigenvalue weighted by molar-refractivity contribution is -0.138. The molecule has 2 heterocycles. The Morgan fingerprint density at radius 2 is 1.66 bits per heavy atom. The van der Waals surface area contributed by atoms with E-state index in [0.717, 1.165) is 10.0 Å². The number of carbonyl (C=O) groups excluding carboxylic acids is 3. The third-order valence-electron chi connectivity index (χ3n) is 5.74. The van der Waals surface area contributed by atoms with Crippen molar-refractivity contribution < 1.29 is 23.9 Å². The molecule has 0 saturated heterocycles. The van der Waals surface area contributed by atoms with Gasteiger partial charge >= 0.3 is 11.9 Å². The van der Waals surface area contributed by atoms with Gasteiger partial charge in [0.15, 0.2) is 0 Å². The summed E-state index contributed by atoms with van der Waals surface area (Å²) in [5.74, 6) is -1.72. The monoisotopic (exact) mass is 554 g/mol. The number of anilines is 2. The maximum atomic E-state index is 13.3. The minimum Gasteiger partial charge on any atom is -0.465 e. The number of ether oxygens (including phenoxy) is 2. The second-order valence-electron chi connectivity index (χ2n) is 7.85. The fourth-order valence-corrected chi connectivity index (χ4v) is 5.52. The minimum absolute atomic E-state index is 0.202. The van der Waals surface area contributed by atoms with Crippen LogP contribution in [-0.2, 0) is 14.3 Å². The molecule has 2 aromatic carbocycles. The van der Waals surface area contributed by atoms with Crippen molar-refractivity contribution in [3.8, 4) is 0 Å². The quantitative estimate of drug-likeness (QED) is 0.305. The number of hydrogen-bond acceptors (Lipinski definition) is 8. The van der Waals surface area contributed by atoms with Crippen LogP contribution in [0.2, 0.25) is 0 Å². The summed E-state index contributed by atoms with van der Waals surface area (Å²) in [6, 6.07) is 13.8. The summed E-state index contributed by atoms with van der Waals surface area (Å²) in [4.78, 5) is 38.7. The van der Waals surface area contributed by atoms with E-state index in [-0.39, 0.29) is 12.4 Å². The predicted molar refractivity (Wildman–Crippen MR) is 139 cm³/mol. The molecule has 9 heteroatoms. The number of carbonyl (C=O) groups is 3. The van der Waals surface area contributed by atoms with Gasteiger partial charge in [0.1, 0.15) is 4.88 Å². The molecule has 7 nitrogen and oxygen atoms in total. The Kier molecular flexibility index (Phi) is 7.09. The van der Waals surface area contributed by atoms with Gasteiger partial charge in [-0.05, 0) is 55.8 Å². The van der Waals surface area contributed by atoms with Crippen molar-refractivity contribution in [2.45, 2.75) is 19.8 Å². The molecule has 0 aliphatic carbocycles. The second-order valence-corrected chi connectivity index (χ2v) is 9.79. The van der Waals surface area contributed by atoms with E-state index in [0.29, 0.717) is 43.5 Å². The number of esters is 2. The molecule has 1 aliphatic rings. The Morgan fingerprint density at radius 3 is 2.26 bits per heavy atom. The van der Waals surface area contributed by atoms with Crippen molar-refractivity contribution in [1.29, 1.82) is 0 Å². The van der Waals surface area contributed by atoms with Crippen LogP contribution in [-0.4, -0.2) is 31.4 Å². The number of fused-ring (bicyclic) bond motifs is 1. The van der Waals surface area contributed by atoms with Crippen LogP contribution in [0.15, 0.2) is 64.3 Å². The Hall–Kier alpha value is -3.43. The summed E-state index contributed by atoms with van der Waals surface area (Å²) in [6.45, 7) is 3.74. The highest BCUT2D eigenvalue weighted by Gasteiger charge is 2.38. The molecular formula is C26H23BrN2O5S. The molecular weight excluding hydrogens is 532 g/mol. The Bertz CT molecular complexity index is 1340. The van der Waals surface area contributed by atoms with E-state index in [9.17, 15) is 14.4 Å². The molecule has 1 atom stereocenters. The van der Waals surface area contributed by atoms with Gasteiger partial charge in [-0.2, -0.15) is 0 Å². The number of ketones is 1. The Morgan fingerprint density at radius 1 is 1.03 bits per heavy atom. The molecule has 0 amide bonds. The number of hydrogen-bond donors (Lipinski definition) is 2. The molecule has 3 N–H and O–H groups in total. The van der Waals surface area contributed by atoms with Gasteiger partial charge in [0, 0.05) is 27.2 Å². The number of nitrogen functional groups attached to an aromatic ring is 1. The number of nitrogens with two attached hydrogens (primary N) is 1. The number of nitrogens with one attached hydrogen (secondary N) is 1. The first-order chi connectivity index (χ1) is 16.8. The molecule has 180 valence electrons. The zero-order valence-corrected chi connectivity index (χ0v) is 21.7. The SMILES string of the molecule is CCOC(=O)C1=C(C)Nc2sc(C(=O)c3ccc(Br)cc3)c(N)c2[C@@H]1c1ccc(C(=O)OC)cc1. The summed E-state index contributed by atoms with van der Waals surface area (Å²) in [5, 5.41) is 3.94. The number of methoxy groups -OCH3 is 1. The van der Waals surface area contributed by atoms with Crippen LogP contribution < -0.4 is 11.1 Å². The van der Waals surface area contributed by atoms with Gasteiger partial charge in [0.25, 0.3) is 0 Å². The summed E-state index contributed by atoms with van der Waals surface area (Å²) in [7, 11) is 1.32. The lowest BCUT2D eigenvalue weighted by Gasteiger charge is -2.28. The Labute approximate surface area is 215 Å². The van der Waals surface area contributed by atoms with Crippen LogP contribution in [0.25, 0.3) is 0 Å². The first kappa shape index (κ1) is 24.7. The first-order valence-corrected chi connectivity index (χ1v) is 12.4. The lowest BCUT2D eigenvalue weighted by atomic mass is 9.81. The molecule has 3 aromatic rings. The van der Waals surface area contributed by atoms with Crippen LogP contribution in [0.1, 0.15) is 56.5 Å². The summed E-state index contributed by atoms with van der Waals surface area (Å²) >= 11 is 4.63. The van der Waals surface area contributed by atoms with E-state index in [2.05, 4.69) is 21.2 Å². The number of halogens is 1. The maximum Gasteiger partial charge on any atom is 0.337 e.